The van der Waals surface area contributed by atoms with E-state index in [2.05, 4.69) is 14.8 Å². The van der Waals surface area contributed by atoms with Crippen LogP contribution in [0.4, 0.5) is 5.69 Å². The molecule has 4 rings (SSSR count). The van der Waals surface area contributed by atoms with Crippen molar-refractivity contribution in [1.29, 1.82) is 0 Å². The van der Waals surface area contributed by atoms with Gasteiger partial charge in [0, 0.05) is 43.3 Å². The van der Waals surface area contributed by atoms with Crippen LogP contribution in [0.25, 0.3) is 10.9 Å². The van der Waals surface area contributed by atoms with Gasteiger partial charge >= 0.3 is 5.97 Å². The fourth-order valence-electron chi connectivity index (χ4n) is 3.65. The molecule has 2 heterocycles. The van der Waals surface area contributed by atoms with Crippen LogP contribution in [-0.2, 0) is 11.3 Å². The number of hydrogen-bond donors (Lipinski definition) is 2. The number of rotatable bonds is 6. The molecule has 1 aliphatic rings. The van der Waals surface area contributed by atoms with Crippen LogP contribution in [-0.4, -0.2) is 59.3 Å². The van der Waals surface area contributed by atoms with Gasteiger partial charge in [0.2, 0.25) is 0 Å². The summed E-state index contributed by atoms with van der Waals surface area (Å²) in [5.74, 6) is -1.39. The third kappa shape index (κ3) is 4.16. The molecule has 0 unspecified atom stereocenters. The molecule has 2 N–H and O–H groups in total. The molecule has 7 heteroatoms. The van der Waals surface area contributed by atoms with Gasteiger partial charge in [-0.2, -0.15) is 0 Å². The smallest absolute Gasteiger partial charge is 0.337 e. The average molecular weight is 393 g/mol. The Bertz CT molecular complexity index is 1040. The Labute approximate surface area is 168 Å². The highest BCUT2D eigenvalue weighted by Crippen LogP contribution is 2.24. The predicted octanol–water partition coefficient (Wildman–Crippen LogP) is 2.92. The lowest BCUT2D eigenvalue weighted by Gasteiger charge is -2.26. The normalized spacial score (nSPS) is 14.8. The number of morpholine rings is 1. The van der Waals surface area contributed by atoms with Crippen molar-refractivity contribution in [2.75, 3.05) is 38.2 Å². The van der Waals surface area contributed by atoms with Crippen LogP contribution < -0.4 is 5.32 Å². The molecule has 1 amide bonds. The molecule has 1 aromatic heterocycles. The Hall–Kier alpha value is -3.16. The van der Waals surface area contributed by atoms with Gasteiger partial charge in [-0.15, -0.1) is 0 Å². The lowest BCUT2D eigenvalue weighted by atomic mass is 10.1. The summed E-state index contributed by atoms with van der Waals surface area (Å²) in [6.07, 6.45) is 1.85. The van der Waals surface area contributed by atoms with Gasteiger partial charge in [0.25, 0.3) is 5.91 Å². The molecule has 29 heavy (non-hydrogen) atoms. The average Bonchev–Trinajstić information content (AvgIpc) is 3.12. The van der Waals surface area contributed by atoms with Gasteiger partial charge < -0.3 is 19.7 Å². The van der Waals surface area contributed by atoms with Crippen molar-refractivity contribution < 1.29 is 19.4 Å². The quantitative estimate of drug-likeness (QED) is 0.673. The van der Waals surface area contributed by atoms with Crippen molar-refractivity contribution in [3.8, 4) is 0 Å². The van der Waals surface area contributed by atoms with E-state index >= 15 is 0 Å². The van der Waals surface area contributed by atoms with E-state index in [-0.39, 0.29) is 17.2 Å². The van der Waals surface area contributed by atoms with E-state index < -0.39 is 5.97 Å². The van der Waals surface area contributed by atoms with Gasteiger partial charge in [-0.05, 0) is 18.2 Å². The summed E-state index contributed by atoms with van der Waals surface area (Å²) < 4.78 is 7.48. The molecule has 7 nitrogen and oxygen atoms in total. The minimum Gasteiger partial charge on any atom is -0.478 e. The number of aromatic carboxylic acids is 1. The lowest BCUT2D eigenvalue weighted by molar-refractivity contribution is 0.0365. The van der Waals surface area contributed by atoms with E-state index in [4.69, 9.17) is 4.74 Å². The Kier molecular flexibility index (Phi) is 5.59. The number of anilines is 1. The number of fused-ring (bicyclic) bond motifs is 1. The fraction of sp³-hybridized carbons (Fsp3) is 0.273. The monoisotopic (exact) mass is 393 g/mol. The van der Waals surface area contributed by atoms with Crippen LogP contribution in [0, 0.1) is 0 Å². The van der Waals surface area contributed by atoms with Gasteiger partial charge in [0.05, 0.1) is 30.0 Å². The van der Waals surface area contributed by atoms with Crippen LogP contribution in [0.2, 0.25) is 0 Å². The molecule has 1 saturated heterocycles. The molecule has 0 spiro atoms. The van der Waals surface area contributed by atoms with Crippen molar-refractivity contribution >= 4 is 28.5 Å². The number of carbonyl (C=O) groups is 2. The van der Waals surface area contributed by atoms with Crippen LogP contribution in [0.5, 0.6) is 0 Å². The summed E-state index contributed by atoms with van der Waals surface area (Å²) in [5, 5.41) is 13.0. The van der Waals surface area contributed by atoms with Gasteiger partial charge in [0.15, 0.2) is 0 Å². The number of carboxylic acids is 1. The molecule has 0 atom stereocenters. The SMILES string of the molecule is O=C(O)c1ccccc1NC(=O)c1cn(CCN2CCOCC2)c2ccccc12. The van der Waals surface area contributed by atoms with E-state index in [9.17, 15) is 14.7 Å². The number of carbonyl (C=O) groups excluding carboxylic acids is 1. The third-order valence-corrected chi connectivity index (χ3v) is 5.20. The van der Waals surface area contributed by atoms with Crippen LogP contribution in [0.1, 0.15) is 20.7 Å². The molecule has 3 aromatic rings. The zero-order valence-electron chi connectivity index (χ0n) is 16.0. The Morgan fingerprint density at radius 3 is 2.48 bits per heavy atom. The molecule has 1 fully saturated rings. The maximum absolute atomic E-state index is 13.0. The maximum Gasteiger partial charge on any atom is 0.337 e. The first-order valence-electron chi connectivity index (χ1n) is 9.65. The standard InChI is InChI=1S/C22H23N3O4/c26-21(23-19-7-3-1-6-17(19)22(27)28)18-15-25(20-8-4-2-5-16(18)20)10-9-24-11-13-29-14-12-24/h1-8,15H,9-14H2,(H,23,26)(H,27,28). The van der Waals surface area contributed by atoms with E-state index in [0.29, 0.717) is 5.56 Å². The summed E-state index contributed by atoms with van der Waals surface area (Å²) >= 11 is 0. The highest BCUT2D eigenvalue weighted by Gasteiger charge is 2.18. The zero-order chi connectivity index (χ0) is 20.2. The Balaban J connectivity index is 1.59. The fourth-order valence-corrected chi connectivity index (χ4v) is 3.65. The van der Waals surface area contributed by atoms with Crippen LogP contribution >= 0.6 is 0 Å². The summed E-state index contributed by atoms with van der Waals surface area (Å²) in [6, 6.07) is 14.2. The third-order valence-electron chi connectivity index (χ3n) is 5.20. The minimum absolute atomic E-state index is 0.0666. The van der Waals surface area contributed by atoms with Crippen molar-refractivity contribution in [2.45, 2.75) is 6.54 Å². The number of ether oxygens (including phenoxy) is 1. The lowest BCUT2D eigenvalue weighted by Crippen LogP contribution is -2.38. The van der Waals surface area contributed by atoms with Gasteiger partial charge in [0.1, 0.15) is 0 Å². The second kappa shape index (κ2) is 8.46. The first-order chi connectivity index (χ1) is 14.1. The second-order valence-corrected chi connectivity index (χ2v) is 7.01. The number of aromatic nitrogens is 1. The molecule has 150 valence electrons. The maximum atomic E-state index is 13.0. The number of para-hydroxylation sites is 2. The minimum atomic E-state index is -1.08. The molecule has 0 saturated carbocycles. The first-order valence-corrected chi connectivity index (χ1v) is 9.65. The molecular weight excluding hydrogens is 370 g/mol. The second-order valence-electron chi connectivity index (χ2n) is 7.01. The van der Waals surface area contributed by atoms with E-state index in [1.54, 1.807) is 18.2 Å². The number of carboxylic acid groups (broad SMARTS) is 1. The largest absolute Gasteiger partial charge is 0.478 e. The zero-order valence-corrected chi connectivity index (χ0v) is 16.0. The van der Waals surface area contributed by atoms with Gasteiger partial charge in [-0.3, -0.25) is 9.69 Å². The van der Waals surface area contributed by atoms with E-state index in [1.807, 2.05) is 30.5 Å². The van der Waals surface area contributed by atoms with Crippen LogP contribution in [0.15, 0.2) is 54.7 Å². The van der Waals surface area contributed by atoms with E-state index in [0.717, 1.165) is 50.3 Å². The number of nitrogens with zero attached hydrogens (tertiary/aromatic N) is 2. The predicted molar refractivity (Wildman–Crippen MR) is 111 cm³/mol. The number of nitrogens with one attached hydrogen (secondary N) is 1. The summed E-state index contributed by atoms with van der Waals surface area (Å²) in [6.45, 7) is 4.98. The molecule has 0 radical (unpaired) electrons. The highest BCUT2D eigenvalue weighted by atomic mass is 16.5. The molecule has 1 aliphatic heterocycles. The summed E-state index contributed by atoms with van der Waals surface area (Å²) in [4.78, 5) is 26.7. The molecule has 0 bridgehead atoms. The Morgan fingerprint density at radius 1 is 0.966 bits per heavy atom. The van der Waals surface area contributed by atoms with Gasteiger partial charge in [-0.1, -0.05) is 30.3 Å². The van der Waals surface area contributed by atoms with Crippen molar-refractivity contribution in [3.63, 3.8) is 0 Å². The summed E-state index contributed by atoms with van der Waals surface area (Å²) in [5.41, 5.74) is 1.87. The number of amides is 1. The molecular formula is C22H23N3O4. The number of hydrogen-bond acceptors (Lipinski definition) is 4. The molecule has 2 aromatic carbocycles. The van der Waals surface area contributed by atoms with Crippen molar-refractivity contribution in [2.24, 2.45) is 0 Å². The van der Waals surface area contributed by atoms with Crippen LogP contribution in [0.3, 0.4) is 0 Å². The molecule has 0 aliphatic carbocycles. The van der Waals surface area contributed by atoms with E-state index in [1.165, 1.54) is 6.07 Å². The van der Waals surface area contributed by atoms with Crippen molar-refractivity contribution in [3.05, 3.63) is 65.9 Å². The summed E-state index contributed by atoms with van der Waals surface area (Å²) in [7, 11) is 0. The highest BCUT2D eigenvalue weighted by molar-refractivity contribution is 6.14. The Morgan fingerprint density at radius 2 is 1.69 bits per heavy atom. The first kappa shape index (κ1) is 19.2. The topological polar surface area (TPSA) is 83.8 Å². The van der Waals surface area contributed by atoms with Crippen molar-refractivity contribution in [1.82, 2.24) is 9.47 Å². The van der Waals surface area contributed by atoms with Gasteiger partial charge in [-0.25, -0.2) is 4.79 Å². The number of benzene rings is 2.